The van der Waals surface area contributed by atoms with E-state index in [1.807, 2.05) is 6.07 Å². The number of rotatable bonds is 5. The van der Waals surface area contributed by atoms with E-state index in [4.69, 9.17) is 10.5 Å². The molecule has 0 amide bonds. The smallest absolute Gasteiger partial charge is 0.455 e. The second-order valence-electron chi connectivity index (χ2n) is 5.09. The maximum absolute atomic E-state index is 13.3. The molecule has 130 valence electrons. The van der Waals surface area contributed by atoms with E-state index in [2.05, 4.69) is 0 Å². The van der Waals surface area contributed by atoms with Crippen molar-refractivity contribution in [3.8, 4) is 11.5 Å². The zero-order valence-corrected chi connectivity index (χ0v) is 12.2. The summed E-state index contributed by atoms with van der Waals surface area (Å²) in [5.74, 6) is -5.85. The van der Waals surface area contributed by atoms with Gasteiger partial charge in [0, 0.05) is 11.6 Å². The summed E-state index contributed by atoms with van der Waals surface area (Å²) in [5.41, 5.74) is 5.11. The number of benzene rings is 2. The second kappa shape index (κ2) is 6.64. The van der Waals surface area contributed by atoms with E-state index in [0.29, 0.717) is 0 Å². The predicted molar refractivity (Wildman–Crippen MR) is 76.8 cm³/mol. The van der Waals surface area contributed by atoms with E-state index in [0.717, 1.165) is 17.7 Å². The van der Waals surface area contributed by atoms with Crippen LogP contribution in [0.4, 0.5) is 22.0 Å². The van der Waals surface area contributed by atoms with Gasteiger partial charge in [-0.2, -0.15) is 22.0 Å². The Kier molecular flexibility index (Phi) is 4.98. The molecule has 0 spiro atoms. The molecular weight excluding hydrogens is 333 g/mol. The quantitative estimate of drug-likeness (QED) is 0.798. The molecule has 0 aliphatic heterocycles. The van der Waals surface area contributed by atoms with Crippen LogP contribution in [0.25, 0.3) is 0 Å². The molecule has 0 saturated carbocycles. The first-order valence-electron chi connectivity index (χ1n) is 6.82. The third kappa shape index (κ3) is 3.76. The van der Waals surface area contributed by atoms with Gasteiger partial charge < -0.3 is 15.6 Å². The molecule has 0 heterocycles. The van der Waals surface area contributed by atoms with Gasteiger partial charge in [-0.25, -0.2) is 0 Å². The Bertz CT molecular complexity index is 689. The van der Waals surface area contributed by atoms with Crippen LogP contribution in [0.15, 0.2) is 48.5 Å². The van der Waals surface area contributed by atoms with E-state index < -0.39 is 29.5 Å². The summed E-state index contributed by atoms with van der Waals surface area (Å²) < 4.78 is 68.9. The number of hydrogen-bond donors (Lipinski definition) is 2. The molecule has 0 aliphatic carbocycles. The molecule has 1 atom stereocenters. The van der Waals surface area contributed by atoms with Crippen LogP contribution in [0.1, 0.15) is 17.2 Å². The fourth-order valence-electron chi connectivity index (χ4n) is 1.99. The molecule has 0 bridgehead atoms. The highest BCUT2D eigenvalue weighted by molar-refractivity contribution is 5.42. The Labute approximate surface area is 134 Å². The van der Waals surface area contributed by atoms with Crippen molar-refractivity contribution in [3.05, 3.63) is 59.7 Å². The highest BCUT2D eigenvalue weighted by atomic mass is 19.4. The topological polar surface area (TPSA) is 55.5 Å². The summed E-state index contributed by atoms with van der Waals surface area (Å²) in [6, 6.07) is 9.25. The van der Waals surface area contributed by atoms with Gasteiger partial charge in [0.25, 0.3) is 0 Å². The minimum Gasteiger partial charge on any atom is -0.507 e. The van der Waals surface area contributed by atoms with Gasteiger partial charge in [0.05, 0.1) is 0 Å². The lowest BCUT2D eigenvalue weighted by Gasteiger charge is -2.26. The Morgan fingerprint density at radius 2 is 1.62 bits per heavy atom. The Hall–Kier alpha value is -2.35. The average Bonchev–Trinajstić information content (AvgIpc) is 2.52. The summed E-state index contributed by atoms with van der Waals surface area (Å²) in [7, 11) is 0. The van der Waals surface area contributed by atoms with Crippen LogP contribution in [0, 0.1) is 0 Å². The predicted octanol–water partition coefficient (Wildman–Crippen LogP) is 4.17. The minimum atomic E-state index is -5.82. The summed E-state index contributed by atoms with van der Waals surface area (Å²) in [4.78, 5) is 0. The van der Waals surface area contributed by atoms with Crippen molar-refractivity contribution in [2.75, 3.05) is 0 Å². The fourth-order valence-corrected chi connectivity index (χ4v) is 1.99. The number of phenolic OH excluding ortho intramolecular Hbond substituents is 1. The van der Waals surface area contributed by atoms with E-state index in [9.17, 15) is 27.1 Å². The van der Waals surface area contributed by atoms with Crippen molar-refractivity contribution >= 4 is 0 Å². The zero-order valence-electron chi connectivity index (χ0n) is 12.2. The molecule has 0 radical (unpaired) electrons. The largest absolute Gasteiger partial charge is 0.507 e. The summed E-state index contributed by atoms with van der Waals surface area (Å²) in [5, 5.41) is 9.73. The number of phenols is 1. The first kappa shape index (κ1) is 18.0. The molecule has 0 fully saturated rings. The Morgan fingerprint density at radius 1 is 1.00 bits per heavy atom. The molecule has 8 heteroatoms. The van der Waals surface area contributed by atoms with E-state index in [1.54, 1.807) is 24.3 Å². The van der Waals surface area contributed by atoms with E-state index >= 15 is 0 Å². The number of aromatic hydroxyl groups is 1. The highest BCUT2D eigenvalue weighted by Crippen LogP contribution is 2.45. The van der Waals surface area contributed by atoms with Gasteiger partial charge in [-0.1, -0.05) is 30.3 Å². The molecule has 2 aromatic rings. The zero-order chi connectivity index (χ0) is 18.0. The first-order valence-corrected chi connectivity index (χ1v) is 6.82. The molecule has 0 aliphatic rings. The number of nitrogens with two attached hydrogens (primary N) is 1. The summed E-state index contributed by atoms with van der Waals surface area (Å²) in [6.45, 7) is 0.143. The van der Waals surface area contributed by atoms with Gasteiger partial charge in [0.1, 0.15) is 24.1 Å². The maximum Gasteiger partial charge on any atom is 0.455 e. The van der Waals surface area contributed by atoms with Crippen molar-refractivity contribution in [1.29, 1.82) is 0 Å². The molecule has 24 heavy (non-hydrogen) atoms. The first-order chi connectivity index (χ1) is 11.1. The van der Waals surface area contributed by atoms with Crippen molar-refractivity contribution in [3.63, 3.8) is 0 Å². The van der Waals surface area contributed by atoms with Crippen molar-refractivity contribution < 1.29 is 31.8 Å². The Morgan fingerprint density at radius 3 is 2.17 bits per heavy atom. The van der Waals surface area contributed by atoms with Gasteiger partial charge in [-0.05, 0) is 17.7 Å². The van der Waals surface area contributed by atoms with Crippen molar-refractivity contribution in [1.82, 2.24) is 0 Å². The van der Waals surface area contributed by atoms with Gasteiger partial charge in [0.15, 0.2) is 0 Å². The van der Waals surface area contributed by atoms with Crippen LogP contribution in [0.5, 0.6) is 11.5 Å². The van der Waals surface area contributed by atoms with E-state index in [1.165, 1.54) is 6.07 Å². The number of hydrogen-bond acceptors (Lipinski definition) is 3. The number of alkyl halides is 5. The van der Waals surface area contributed by atoms with Gasteiger partial charge in [-0.15, -0.1) is 0 Å². The molecule has 3 nitrogen and oxygen atoms in total. The molecule has 0 saturated heterocycles. The molecule has 2 rings (SSSR count). The number of halogens is 5. The third-order valence-electron chi connectivity index (χ3n) is 3.35. The van der Waals surface area contributed by atoms with Crippen LogP contribution in [0.2, 0.25) is 0 Å². The fraction of sp³-hybridized carbons (Fsp3) is 0.250. The van der Waals surface area contributed by atoms with Crippen LogP contribution in [0.3, 0.4) is 0 Å². The minimum absolute atomic E-state index is 0.114. The second-order valence-corrected chi connectivity index (χ2v) is 5.09. The maximum atomic E-state index is 13.3. The average molecular weight is 347 g/mol. The SMILES string of the molecule is N[C@@H](c1ccc(OCc2ccccc2)cc1O)C(F)(F)C(F)(F)F. The van der Waals surface area contributed by atoms with Gasteiger partial charge >= 0.3 is 12.1 Å². The van der Waals surface area contributed by atoms with Crippen LogP contribution in [-0.4, -0.2) is 17.2 Å². The summed E-state index contributed by atoms with van der Waals surface area (Å²) >= 11 is 0. The van der Waals surface area contributed by atoms with Gasteiger partial charge in [-0.3, -0.25) is 0 Å². The Balaban J connectivity index is 2.15. The van der Waals surface area contributed by atoms with Crippen LogP contribution >= 0.6 is 0 Å². The molecular formula is C16H14F5NO2. The van der Waals surface area contributed by atoms with E-state index in [-0.39, 0.29) is 12.4 Å². The number of ether oxygens (including phenoxy) is 1. The van der Waals surface area contributed by atoms with Gasteiger partial charge in [0.2, 0.25) is 0 Å². The monoisotopic (exact) mass is 347 g/mol. The van der Waals surface area contributed by atoms with Crippen LogP contribution < -0.4 is 10.5 Å². The lowest BCUT2D eigenvalue weighted by molar-refractivity contribution is -0.291. The lowest BCUT2D eigenvalue weighted by Crippen LogP contribution is -2.45. The molecule has 0 aromatic heterocycles. The van der Waals surface area contributed by atoms with Crippen LogP contribution in [-0.2, 0) is 6.61 Å². The van der Waals surface area contributed by atoms with Crippen molar-refractivity contribution in [2.24, 2.45) is 5.73 Å². The third-order valence-corrected chi connectivity index (χ3v) is 3.35. The van der Waals surface area contributed by atoms with Crippen molar-refractivity contribution in [2.45, 2.75) is 24.7 Å². The summed E-state index contributed by atoms with van der Waals surface area (Å²) in [6.07, 6.45) is -5.82. The highest BCUT2D eigenvalue weighted by Gasteiger charge is 2.62. The molecule has 3 N–H and O–H groups in total. The lowest BCUT2D eigenvalue weighted by atomic mass is 10.00. The standard InChI is InChI=1S/C16H14F5NO2/c17-15(18,16(19,20)21)14(22)12-7-6-11(8-13(12)23)24-9-10-4-2-1-3-5-10/h1-8,14,23H,9,22H2/t14-/m0/s1. The molecule has 0 unspecified atom stereocenters. The molecule has 2 aromatic carbocycles. The normalized spacial score (nSPS) is 13.6.